The van der Waals surface area contributed by atoms with E-state index in [0.29, 0.717) is 35.2 Å². The quantitative estimate of drug-likeness (QED) is 0.499. The Hall–Kier alpha value is -3.32. The zero-order chi connectivity index (χ0) is 23.5. The number of nitrogens with zero attached hydrogens (tertiary/aromatic N) is 5. The van der Waals surface area contributed by atoms with E-state index in [9.17, 15) is 15.5 Å². The topological polar surface area (TPSA) is 131 Å². The number of aromatic nitrogens is 3. The molecule has 1 aliphatic rings. The van der Waals surface area contributed by atoms with E-state index in [1.165, 1.54) is 11.1 Å². The second-order valence-corrected chi connectivity index (χ2v) is 8.57. The maximum atomic E-state index is 9.50. The van der Waals surface area contributed by atoms with E-state index >= 15 is 0 Å². The molecular weight excluding hydrogens is 420 g/mol. The van der Waals surface area contributed by atoms with Crippen molar-refractivity contribution >= 4 is 5.82 Å². The average molecular weight is 449 g/mol. The molecular formula is C24H28N6O3. The van der Waals surface area contributed by atoms with Gasteiger partial charge in [0.1, 0.15) is 11.9 Å². The molecule has 3 N–H and O–H groups in total. The molecule has 0 saturated heterocycles. The molecule has 0 unspecified atom stereocenters. The molecule has 9 heteroatoms. The van der Waals surface area contributed by atoms with E-state index in [2.05, 4.69) is 38.3 Å². The van der Waals surface area contributed by atoms with Gasteiger partial charge in [-0.3, -0.25) is 4.90 Å². The van der Waals surface area contributed by atoms with Crippen LogP contribution < -0.4 is 5.32 Å². The Morgan fingerprint density at radius 1 is 1.27 bits per heavy atom. The summed E-state index contributed by atoms with van der Waals surface area (Å²) in [4.78, 5) is 11.0. The highest BCUT2D eigenvalue weighted by molar-refractivity contribution is 5.67. The van der Waals surface area contributed by atoms with E-state index in [1.54, 1.807) is 12.3 Å². The Morgan fingerprint density at radius 3 is 2.76 bits per heavy atom. The molecule has 2 aromatic heterocycles. The van der Waals surface area contributed by atoms with Crippen LogP contribution in [0.1, 0.15) is 36.1 Å². The van der Waals surface area contributed by atoms with E-state index < -0.39 is 0 Å². The van der Waals surface area contributed by atoms with Crippen molar-refractivity contribution in [2.45, 2.75) is 45.8 Å². The minimum absolute atomic E-state index is 0.0641. The van der Waals surface area contributed by atoms with Crippen LogP contribution in [0.2, 0.25) is 0 Å². The van der Waals surface area contributed by atoms with Gasteiger partial charge in [0.05, 0.1) is 30.4 Å². The van der Waals surface area contributed by atoms with E-state index in [0.717, 1.165) is 24.1 Å². The van der Waals surface area contributed by atoms with Gasteiger partial charge in [-0.15, -0.1) is 0 Å². The summed E-state index contributed by atoms with van der Waals surface area (Å²) in [5.74, 6) is 1.32. The monoisotopic (exact) mass is 448 g/mol. The van der Waals surface area contributed by atoms with Gasteiger partial charge >= 0.3 is 0 Å². The third-order valence-corrected chi connectivity index (χ3v) is 6.00. The third kappa shape index (κ3) is 4.59. The summed E-state index contributed by atoms with van der Waals surface area (Å²) in [7, 11) is 0. The van der Waals surface area contributed by atoms with Crippen LogP contribution in [-0.2, 0) is 13.0 Å². The average Bonchev–Trinajstić information content (AvgIpc) is 3.30. The Balaban J connectivity index is 1.61. The van der Waals surface area contributed by atoms with Gasteiger partial charge in [0.2, 0.25) is 5.82 Å². The number of aliphatic hydroxyl groups excluding tert-OH is 2. The van der Waals surface area contributed by atoms with Crippen molar-refractivity contribution in [3.63, 3.8) is 0 Å². The number of hydrogen-bond acceptors (Lipinski definition) is 9. The van der Waals surface area contributed by atoms with Crippen LogP contribution >= 0.6 is 0 Å². The number of anilines is 1. The smallest absolute Gasteiger partial charge is 0.259 e. The lowest BCUT2D eigenvalue weighted by atomic mass is 9.91. The van der Waals surface area contributed by atoms with Gasteiger partial charge in [0, 0.05) is 30.9 Å². The molecule has 0 aliphatic carbocycles. The first-order chi connectivity index (χ1) is 15.9. The van der Waals surface area contributed by atoms with Crippen molar-refractivity contribution in [1.29, 1.82) is 5.26 Å². The van der Waals surface area contributed by atoms with Gasteiger partial charge in [-0.1, -0.05) is 17.3 Å². The molecule has 0 fully saturated rings. The van der Waals surface area contributed by atoms with E-state index in [-0.39, 0.29) is 25.3 Å². The number of aliphatic hydroxyl groups is 2. The van der Waals surface area contributed by atoms with Crippen molar-refractivity contribution in [2.75, 3.05) is 25.1 Å². The third-order valence-electron chi connectivity index (χ3n) is 6.00. The fraction of sp³-hybridized carbons (Fsp3) is 0.417. The number of fused-ring (bicyclic) bond motifs is 1. The molecule has 9 nitrogen and oxygen atoms in total. The first-order valence-corrected chi connectivity index (χ1v) is 11.0. The van der Waals surface area contributed by atoms with Crippen molar-refractivity contribution in [2.24, 2.45) is 0 Å². The van der Waals surface area contributed by atoms with Gasteiger partial charge in [-0.2, -0.15) is 10.2 Å². The minimum atomic E-state index is -0.244. The number of nitrogens with one attached hydrogen (secondary N) is 1. The number of benzene rings is 1. The van der Waals surface area contributed by atoms with Gasteiger partial charge in [-0.05, 0) is 49.9 Å². The van der Waals surface area contributed by atoms with E-state index in [1.807, 2.05) is 26.0 Å². The summed E-state index contributed by atoms with van der Waals surface area (Å²) in [6.07, 6.45) is 2.44. The summed E-state index contributed by atoms with van der Waals surface area (Å²) in [5, 5.41) is 35.8. The number of nitriles is 1. The molecule has 0 bridgehead atoms. The molecule has 1 aromatic carbocycles. The zero-order valence-electron chi connectivity index (χ0n) is 19.0. The fourth-order valence-corrected chi connectivity index (χ4v) is 4.21. The molecule has 0 radical (unpaired) electrons. The van der Waals surface area contributed by atoms with Gasteiger partial charge in [0.25, 0.3) is 5.89 Å². The van der Waals surface area contributed by atoms with E-state index in [4.69, 9.17) is 4.52 Å². The predicted octanol–water partition coefficient (Wildman–Crippen LogP) is 2.51. The summed E-state index contributed by atoms with van der Waals surface area (Å²) < 4.78 is 5.51. The summed E-state index contributed by atoms with van der Waals surface area (Å²) in [6, 6.07) is 7.80. The summed E-state index contributed by atoms with van der Waals surface area (Å²) >= 11 is 0. The first-order valence-electron chi connectivity index (χ1n) is 11.0. The highest BCUT2D eigenvalue weighted by Crippen LogP contribution is 2.32. The zero-order valence-corrected chi connectivity index (χ0v) is 19.0. The van der Waals surface area contributed by atoms with Crippen LogP contribution in [0.25, 0.3) is 22.8 Å². The molecule has 0 saturated carbocycles. The minimum Gasteiger partial charge on any atom is -0.395 e. The Morgan fingerprint density at radius 2 is 2.06 bits per heavy atom. The lowest BCUT2D eigenvalue weighted by Crippen LogP contribution is -2.43. The number of hydrogen-bond donors (Lipinski definition) is 3. The van der Waals surface area contributed by atoms with Crippen LogP contribution in [0.3, 0.4) is 0 Å². The molecule has 3 aromatic rings. The molecule has 0 amide bonds. The van der Waals surface area contributed by atoms with Crippen LogP contribution in [0, 0.1) is 18.3 Å². The Kier molecular flexibility index (Phi) is 6.70. The molecule has 3 heterocycles. The van der Waals surface area contributed by atoms with Gasteiger partial charge < -0.3 is 20.1 Å². The lowest BCUT2D eigenvalue weighted by Gasteiger charge is -2.34. The molecule has 0 spiro atoms. The second-order valence-electron chi connectivity index (χ2n) is 8.57. The highest BCUT2D eigenvalue weighted by Gasteiger charge is 2.25. The fourth-order valence-electron chi connectivity index (χ4n) is 4.21. The van der Waals surface area contributed by atoms with Crippen LogP contribution in [0.5, 0.6) is 0 Å². The molecule has 1 aliphatic heterocycles. The first kappa shape index (κ1) is 22.9. The maximum Gasteiger partial charge on any atom is 0.259 e. The highest BCUT2D eigenvalue weighted by atomic mass is 16.5. The maximum absolute atomic E-state index is 9.50. The summed E-state index contributed by atoms with van der Waals surface area (Å²) in [6.45, 7) is 7.33. The van der Waals surface area contributed by atoms with Crippen molar-refractivity contribution in [3.05, 3.63) is 46.6 Å². The SMILES string of the molecule is Cc1c(-c2noc(-c3cnc(NC(C)C)c(C#N)c3)n2)ccc2c1CCN(C(CO)CO)C2. The predicted molar refractivity (Wildman–Crippen MR) is 123 cm³/mol. The normalized spacial score (nSPS) is 13.9. The molecule has 172 valence electrons. The lowest BCUT2D eigenvalue weighted by molar-refractivity contribution is 0.0650. The largest absolute Gasteiger partial charge is 0.395 e. The Labute approximate surface area is 192 Å². The van der Waals surface area contributed by atoms with Gasteiger partial charge in [0.15, 0.2) is 0 Å². The Bertz CT molecular complexity index is 1180. The molecule has 0 atom stereocenters. The van der Waals surface area contributed by atoms with Crippen molar-refractivity contribution < 1.29 is 14.7 Å². The van der Waals surface area contributed by atoms with Crippen LogP contribution in [-0.4, -0.2) is 62.1 Å². The van der Waals surface area contributed by atoms with Crippen LogP contribution in [0.15, 0.2) is 28.9 Å². The number of pyridine rings is 1. The standard InChI is InChI=1S/C24H28N6O3/c1-14(2)27-22-17(9-25)8-18(10-26-22)24-28-23(29-33-24)21-5-4-16-11-30(19(12-31)13-32)7-6-20(16)15(21)3/h4-5,8,10,14,19,31-32H,6-7,11-13H2,1-3H3,(H,26,27). The number of rotatable bonds is 7. The van der Waals surface area contributed by atoms with Crippen molar-refractivity contribution in [1.82, 2.24) is 20.0 Å². The summed E-state index contributed by atoms with van der Waals surface area (Å²) in [5.41, 5.74) is 5.40. The molecule has 4 rings (SSSR count). The van der Waals surface area contributed by atoms with Gasteiger partial charge in [-0.25, -0.2) is 4.98 Å². The van der Waals surface area contributed by atoms with Crippen molar-refractivity contribution in [3.8, 4) is 28.9 Å². The molecule has 33 heavy (non-hydrogen) atoms. The van der Waals surface area contributed by atoms with Crippen LogP contribution in [0.4, 0.5) is 5.82 Å². The second kappa shape index (κ2) is 9.67.